The number of amides is 1. The van der Waals surface area contributed by atoms with Gasteiger partial charge in [0.2, 0.25) is 15.9 Å². The molecule has 1 aliphatic heterocycles. The van der Waals surface area contributed by atoms with E-state index in [2.05, 4.69) is 10.1 Å². The van der Waals surface area contributed by atoms with Crippen LogP contribution in [0.3, 0.4) is 0 Å². The quantitative estimate of drug-likeness (QED) is 0.761. The van der Waals surface area contributed by atoms with Crippen LogP contribution >= 0.6 is 11.6 Å². The Labute approximate surface area is 157 Å². The van der Waals surface area contributed by atoms with Gasteiger partial charge in [0.05, 0.1) is 10.9 Å². The number of halogens is 1. The average molecular weight is 398 g/mol. The lowest BCUT2D eigenvalue weighted by Gasteiger charge is -2.34. The van der Waals surface area contributed by atoms with Crippen molar-refractivity contribution in [2.24, 2.45) is 0 Å². The standard InChI is InChI=1S/C16H20ClN5O3S/c1-13(22-12-18-11-19-22)10-16(23)20-6-8-21(9-7-20)26(24,25)15-4-2-14(17)3-5-15/h2-5,11-13H,6-10H2,1H3/t13-/m0/s1. The van der Waals surface area contributed by atoms with E-state index in [0.717, 1.165) is 0 Å². The van der Waals surface area contributed by atoms with Crippen LogP contribution in [0.1, 0.15) is 19.4 Å². The first-order valence-electron chi connectivity index (χ1n) is 8.25. The van der Waals surface area contributed by atoms with Gasteiger partial charge in [-0.3, -0.25) is 4.79 Å². The number of carbonyl (C=O) groups excluding carboxylic acids is 1. The molecule has 2 heterocycles. The zero-order chi connectivity index (χ0) is 18.7. The van der Waals surface area contributed by atoms with E-state index in [4.69, 9.17) is 11.6 Å². The Bertz CT molecular complexity index is 847. The van der Waals surface area contributed by atoms with Crippen molar-refractivity contribution in [1.29, 1.82) is 0 Å². The van der Waals surface area contributed by atoms with E-state index in [1.807, 2.05) is 6.92 Å². The molecule has 0 unspecified atom stereocenters. The minimum absolute atomic E-state index is 0.0171. The molecule has 0 bridgehead atoms. The maximum Gasteiger partial charge on any atom is 0.243 e. The molecule has 0 radical (unpaired) electrons. The molecule has 140 valence electrons. The van der Waals surface area contributed by atoms with Gasteiger partial charge >= 0.3 is 0 Å². The highest BCUT2D eigenvalue weighted by Gasteiger charge is 2.30. The molecule has 3 rings (SSSR count). The third-order valence-electron chi connectivity index (χ3n) is 4.40. The van der Waals surface area contributed by atoms with Gasteiger partial charge in [0.25, 0.3) is 0 Å². The molecule has 0 N–H and O–H groups in total. The number of carbonyl (C=O) groups is 1. The van der Waals surface area contributed by atoms with E-state index in [1.54, 1.807) is 28.0 Å². The predicted molar refractivity (Wildman–Crippen MR) is 96.1 cm³/mol. The van der Waals surface area contributed by atoms with Crippen molar-refractivity contribution in [2.75, 3.05) is 26.2 Å². The fraction of sp³-hybridized carbons (Fsp3) is 0.438. The summed E-state index contributed by atoms with van der Waals surface area (Å²) in [5, 5.41) is 4.52. The second-order valence-corrected chi connectivity index (χ2v) is 8.54. The summed E-state index contributed by atoms with van der Waals surface area (Å²) in [6.07, 6.45) is 3.31. The molecule has 1 fully saturated rings. The second-order valence-electron chi connectivity index (χ2n) is 6.17. The molecule has 2 aromatic rings. The Morgan fingerprint density at radius 3 is 2.42 bits per heavy atom. The first-order valence-corrected chi connectivity index (χ1v) is 10.1. The minimum atomic E-state index is -3.57. The smallest absolute Gasteiger partial charge is 0.243 e. The van der Waals surface area contributed by atoms with Crippen LogP contribution in [0.25, 0.3) is 0 Å². The number of hydrogen-bond donors (Lipinski definition) is 0. The molecular weight excluding hydrogens is 378 g/mol. The first-order chi connectivity index (χ1) is 12.4. The van der Waals surface area contributed by atoms with Crippen LogP contribution in [-0.4, -0.2) is 64.5 Å². The molecule has 1 aromatic carbocycles. The van der Waals surface area contributed by atoms with E-state index in [-0.39, 0.29) is 29.9 Å². The monoisotopic (exact) mass is 397 g/mol. The molecule has 10 heteroatoms. The zero-order valence-electron chi connectivity index (χ0n) is 14.3. The van der Waals surface area contributed by atoms with Crippen molar-refractivity contribution in [3.63, 3.8) is 0 Å². The van der Waals surface area contributed by atoms with Crippen molar-refractivity contribution in [3.05, 3.63) is 41.9 Å². The van der Waals surface area contributed by atoms with Crippen LogP contribution in [0, 0.1) is 0 Å². The molecule has 1 amide bonds. The molecule has 26 heavy (non-hydrogen) atoms. The summed E-state index contributed by atoms with van der Waals surface area (Å²) in [7, 11) is -3.57. The number of aromatic nitrogens is 3. The Hall–Kier alpha value is -1.97. The van der Waals surface area contributed by atoms with Crippen LogP contribution in [0.2, 0.25) is 5.02 Å². The molecular formula is C16H20ClN5O3S. The molecule has 1 saturated heterocycles. The van der Waals surface area contributed by atoms with Crippen molar-refractivity contribution in [2.45, 2.75) is 24.3 Å². The topological polar surface area (TPSA) is 88.4 Å². The molecule has 0 saturated carbocycles. The maximum absolute atomic E-state index is 12.7. The van der Waals surface area contributed by atoms with Gasteiger partial charge < -0.3 is 4.90 Å². The van der Waals surface area contributed by atoms with Gasteiger partial charge in [-0.25, -0.2) is 18.1 Å². The van der Waals surface area contributed by atoms with Gasteiger partial charge in [-0.1, -0.05) is 11.6 Å². The summed E-state index contributed by atoms with van der Waals surface area (Å²) in [4.78, 5) is 18.2. The lowest BCUT2D eigenvalue weighted by molar-refractivity contribution is -0.133. The average Bonchev–Trinajstić information content (AvgIpc) is 3.17. The van der Waals surface area contributed by atoms with Crippen LogP contribution in [-0.2, 0) is 14.8 Å². The van der Waals surface area contributed by atoms with Crippen molar-refractivity contribution >= 4 is 27.5 Å². The van der Waals surface area contributed by atoms with E-state index < -0.39 is 10.0 Å². The highest BCUT2D eigenvalue weighted by Crippen LogP contribution is 2.20. The number of piperazine rings is 1. The maximum atomic E-state index is 12.7. The number of sulfonamides is 1. The SMILES string of the molecule is C[C@@H](CC(=O)N1CCN(S(=O)(=O)c2ccc(Cl)cc2)CC1)n1cncn1. The number of benzene rings is 1. The van der Waals surface area contributed by atoms with Crippen LogP contribution in [0.5, 0.6) is 0 Å². The van der Waals surface area contributed by atoms with Crippen LogP contribution < -0.4 is 0 Å². The fourth-order valence-electron chi connectivity index (χ4n) is 2.85. The van der Waals surface area contributed by atoms with Crippen LogP contribution in [0.4, 0.5) is 0 Å². The van der Waals surface area contributed by atoms with Crippen molar-refractivity contribution in [1.82, 2.24) is 24.0 Å². The lowest BCUT2D eigenvalue weighted by atomic mass is 10.2. The third kappa shape index (κ3) is 4.05. The molecule has 1 aliphatic rings. The number of hydrogen-bond acceptors (Lipinski definition) is 5. The van der Waals surface area contributed by atoms with E-state index in [0.29, 0.717) is 24.5 Å². The van der Waals surface area contributed by atoms with Gasteiger partial charge in [0, 0.05) is 37.6 Å². The second kappa shape index (κ2) is 7.73. The van der Waals surface area contributed by atoms with Gasteiger partial charge in [0.1, 0.15) is 12.7 Å². The van der Waals surface area contributed by atoms with E-state index in [1.165, 1.54) is 22.8 Å². The third-order valence-corrected chi connectivity index (χ3v) is 6.57. The van der Waals surface area contributed by atoms with E-state index in [9.17, 15) is 13.2 Å². The van der Waals surface area contributed by atoms with Gasteiger partial charge in [-0.2, -0.15) is 9.40 Å². The number of rotatable bonds is 5. The summed E-state index contributed by atoms with van der Waals surface area (Å²) in [5.41, 5.74) is 0. The highest BCUT2D eigenvalue weighted by molar-refractivity contribution is 7.89. The Morgan fingerprint density at radius 2 is 1.85 bits per heavy atom. The normalized spacial score (nSPS) is 17.2. The molecule has 0 spiro atoms. The predicted octanol–water partition coefficient (Wildman–Crippen LogP) is 1.42. The van der Waals surface area contributed by atoms with E-state index >= 15 is 0 Å². The van der Waals surface area contributed by atoms with Gasteiger partial charge in [0.15, 0.2) is 0 Å². The molecule has 1 aromatic heterocycles. The first kappa shape index (κ1) is 18.8. The highest BCUT2D eigenvalue weighted by atomic mass is 35.5. The fourth-order valence-corrected chi connectivity index (χ4v) is 4.40. The Balaban J connectivity index is 1.58. The summed E-state index contributed by atoms with van der Waals surface area (Å²) in [6, 6.07) is 6.00. The Morgan fingerprint density at radius 1 is 1.19 bits per heavy atom. The minimum Gasteiger partial charge on any atom is -0.340 e. The Kier molecular flexibility index (Phi) is 5.59. The largest absolute Gasteiger partial charge is 0.340 e. The van der Waals surface area contributed by atoms with Gasteiger partial charge in [-0.15, -0.1) is 0 Å². The van der Waals surface area contributed by atoms with Crippen molar-refractivity contribution < 1.29 is 13.2 Å². The van der Waals surface area contributed by atoms with Crippen molar-refractivity contribution in [3.8, 4) is 0 Å². The molecule has 0 aliphatic carbocycles. The van der Waals surface area contributed by atoms with Gasteiger partial charge in [-0.05, 0) is 31.2 Å². The summed E-state index contributed by atoms with van der Waals surface area (Å²) < 4.78 is 28.4. The summed E-state index contributed by atoms with van der Waals surface area (Å²) in [5.74, 6) is -0.0171. The zero-order valence-corrected chi connectivity index (χ0v) is 15.9. The lowest BCUT2D eigenvalue weighted by Crippen LogP contribution is -2.50. The summed E-state index contributed by atoms with van der Waals surface area (Å²) in [6.45, 7) is 3.18. The van der Waals surface area contributed by atoms with Crippen LogP contribution in [0.15, 0.2) is 41.8 Å². The molecule has 1 atom stereocenters. The number of nitrogens with zero attached hydrogens (tertiary/aromatic N) is 5. The summed E-state index contributed by atoms with van der Waals surface area (Å²) >= 11 is 5.82. The molecule has 8 nitrogen and oxygen atoms in total.